The van der Waals surface area contributed by atoms with Crippen molar-refractivity contribution < 1.29 is 66.5 Å². The van der Waals surface area contributed by atoms with Crippen molar-refractivity contribution in [2.24, 2.45) is 10.2 Å². The molecule has 0 unspecified atom stereocenters. The summed E-state index contributed by atoms with van der Waals surface area (Å²) in [6, 6.07) is 4.18. The average molecular weight is 716 g/mol. The van der Waals surface area contributed by atoms with Gasteiger partial charge in [0.25, 0.3) is 25.9 Å². The Hall–Kier alpha value is -4.44. The minimum Gasteiger partial charge on any atom is -0.505 e. The van der Waals surface area contributed by atoms with E-state index >= 15 is 0 Å². The number of azo groups is 1. The van der Waals surface area contributed by atoms with Gasteiger partial charge in [-0.25, -0.2) is 12.6 Å². The third-order valence-electron chi connectivity index (χ3n) is 5.64. The van der Waals surface area contributed by atoms with E-state index in [9.17, 15) is 68.1 Å². The summed E-state index contributed by atoms with van der Waals surface area (Å²) in [7, 11) is -19.1. The number of non-ortho nitro benzene ring substituents is 1. The molecule has 0 saturated carbocycles. The number of nitro groups is 2. The van der Waals surface area contributed by atoms with Crippen LogP contribution in [0, 0.1) is 20.2 Å². The molecule has 26 heteroatoms. The van der Waals surface area contributed by atoms with Crippen LogP contribution < -0.4 is 4.31 Å². The fourth-order valence-corrected chi connectivity index (χ4v) is 6.31. The molecule has 45 heavy (non-hydrogen) atoms. The van der Waals surface area contributed by atoms with E-state index in [2.05, 4.69) is 14.4 Å². The Morgan fingerprint density at radius 3 is 1.89 bits per heavy atom. The van der Waals surface area contributed by atoms with Crippen molar-refractivity contribution in [3.63, 3.8) is 0 Å². The molecule has 0 aliphatic carbocycles. The number of hydrogen-bond acceptors (Lipinski definition) is 16. The van der Waals surface area contributed by atoms with Gasteiger partial charge in [-0.3, -0.25) is 38.2 Å². The van der Waals surface area contributed by atoms with E-state index in [4.69, 9.17) is 4.55 Å². The van der Waals surface area contributed by atoms with Crippen molar-refractivity contribution in [2.45, 2.75) is 9.79 Å². The number of phenols is 1. The van der Waals surface area contributed by atoms with Crippen molar-refractivity contribution in [2.75, 3.05) is 23.7 Å². The zero-order valence-electron chi connectivity index (χ0n) is 21.8. The number of benzene rings is 3. The Morgan fingerprint density at radius 1 is 0.822 bits per heavy atom. The third kappa shape index (κ3) is 7.99. The lowest BCUT2D eigenvalue weighted by Crippen LogP contribution is -2.31. The number of hydrogen-bond donors (Lipinski definition) is 4. The van der Waals surface area contributed by atoms with Gasteiger partial charge < -0.3 is 5.11 Å². The van der Waals surface area contributed by atoms with Crippen LogP contribution in [-0.4, -0.2) is 81.7 Å². The van der Waals surface area contributed by atoms with Crippen LogP contribution in [0.15, 0.2) is 56.4 Å². The van der Waals surface area contributed by atoms with Gasteiger partial charge in [0.05, 0.1) is 34.0 Å². The molecular formula is C19H17N5O17S4. The lowest BCUT2D eigenvalue weighted by Gasteiger charge is -2.20. The number of rotatable bonds is 12. The van der Waals surface area contributed by atoms with E-state index in [0.29, 0.717) is 10.4 Å². The zero-order valence-corrected chi connectivity index (χ0v) is 25.1. The van der Waals surface area contributed by atoms with Crippen molar-refractivity contribution in [1.82, 2.24) is 0 Å². The maximum absolute atomic E-state index is 12.6. The topological polar surface area (TPSA) is 341 Å². The summed E-state index contributed by atoms with van der Waals surface area (Å²) >= 11 is 0. The van der Waals surface area contributed by atoms with Crippen molar-refractivity contribution in [3.8, 4) is 5.75 Å². The fourth-order valence-electron chi connectivity index (χ4n) is 3.59. The minimum atomic E-state index is -5.47. The van der Waals surface area contributed by atoms with Crippen LogP contribution in [0.4, 0.5) is 28.4 Å². The number of anilines is 1. The first-order chi connectivity index (χ1) is 20.4. The van der Waals surface area contributed by atoms with Gasteiger partial charge >= 0.3 is 16.1 Å². The molecule has 0 saturated heterocycles. The molecule has 3 aromatic carbocycles. The molecule has 0 atom stereocenters. The predicted octanol–water partition coefficient (Wildman–Crippen LogP) is 1.86. The van der Waals surface area contributed by atoms with Crippen molar-refractivity contribution >= 4 is 79.9 Å². The summed E-state index contributed by atoms with van der Waals surface area (Å²) in [5.74, 6) is -2.05. The van der Waals surface area contributed by atoms with Crippen LogP contribution in [0.5, 0.6) is 5.75 Å². The first kappa shape index (κ1) is 35.0. The Labute approximate surface area is 252 Å². The average Bonchev–Trinajstić information content (AvgIpc) is 2.89. The molecule has 0 aliphatic heterocycles. The van der Waals surface area contributed by atoms with E-state index in [1.165, 1.54) is 0 Å². The first-order valence-corrected chi connectivity index (χ1v) is 17.0. The van der Waals surface area contributed by atoms with Gasteiger partial charge in [0.15, 0.2) is 11.4 Å². The number of fused-ring (bicyclic) bond motifs is 1. The zero-order chi connectivity index (χ0) is 34.3. The summed E-state index contributed by atoms with van der Waals surface area (Å²) < 4.78 is 127. The van der Waals surface area contributed by atoms with Crippen LogP contribution in [0.3, 0.4) is 0 Å². The Kier molecular flexibility index (Phi) is 9.47. The highest BCUT2D eigenvalue weighted by Gasteiger charge is 2.31. The SMILES string of the molecule is CN(c1ccc2c(O)c(N=Nc3c([N+](=O)[O-])cc([N+](=O)[O-])cc3S(=O)(=O)O)c(S(=O)(=O)O)cc2c1)S(=O)(=O)CCOS(=O)(=O)O. The number of sulfonamides is 1. The van der Waals surface area contributed by atoms with E-state index in [1.807, 2.05) is 0 Å². The molecule has 0 heterocycles. The quantitative estimate of drug-likeness (QED) is 0.0899. The van der Waals surface area contributed by atoms with E-state index in [0.717, 1.165) is 25.2 Å². The second-order valence-corrected chi connectivity index (χ2v) is 14.5. The van der Waals surface area contributed by atoms with Gasteiger partial charge in [0.2, 0.25) is 10.0 Å². The second kappa shape index (κ2) is 12.2. The molecule has 0 amide bonds. The predicted molar refractivity (Wildman–Crippen MR) is 149 cm³/mol. The number of nitrogens with zero attached hydrogens (tertiary/aromatic N) is 5. The summed E-state index contributed by atoms with van der Waals surface area (Å²) in [6.45, 7) is -0.979. The molecule has 244 valence electrons. The minimum absolute atomic E-state index is 0.196. The summed E-state index contributed by atoms with van der Waals surface area (Å²) in [5.41, 5.74) is -5.20. The molecule has 0 aromatic heterocycles. The number of aromatic hydroxyl groups is 1. The smallest absolute Gasteiger partial charge is 0.397 e. The maximum Gasteiger partial charge on any atom is 0.397 e. The largest absolute Gasteiger partial charge is 0.505 e. The molecule has 3 aromatic rings. The Balaban J connectivity index is 2.23. The second-order valence-electron chi connectivity index (χ2n) is 8.49. The van der Waals surface area contributed by atoms with Gasteiger partial charge in [-0.1, -0.05) is 0 Å². The highest BCUT2D eigenvalue weighted by Crippen LogP contribution is 2.44. The number of nitro benzene ring substituents is 2. The van der Waals surface area contributed by atoms with Crippen LogP contribution in [0.1, 0.15) is 0 Å². The van der Waals surface area contributed by atoms with Crippen LogP contribution in [0.25, 0.3) is 10.8 Å². The first-order valence-electron chi connectivity index (χ1n) is 11.2. The monoisotopic (exact) mass is 715 g/mol. The molecule has 22 nitrogen and oxygen atoms in total. The normalized spacial score (nSPS) is 12.9. The maximum atomic E-state index is 12.6. The van der Waals surface area contributed by atoms with Gasteiger partial charge in [0.1, 0.15) is 15.5 Å². The van der Waals surface area contributed by atoms with Crippen LogP contribution in [0.2, 0.25) is 0 Å². The fraction of sp³-hybridized carbons (Fsp3) is 0.158. The van der Waals surface area contributed by atoms with Crippen molar-refractivity contribution in [1.29, 1.82) is 0 Å². The van der Waals surface area contributed by atoms with Crippen LogP contribution >= 0.6 is 0 Å². The summed E-state index contributed by atoms with van der Waals surface area (Å²) in [6.07, 6.45) is 0. The Morgan fingerprint density at radius 2 is 1.38 bits per heavy atom. The molecule has 0 spiro atoms. The molecule has 0 aliphatic rings. The van der Waals surface area contributed by atoms with E-state index in [-0.39, 0.29) is 28.6 Å². The molecular weight excluding hydrogens is 698 g/mol. The van der Waals surface area contributed by atoms with Gasteiger partial charge in [-0.15, -0.1) is 10.2 Å². The highest BCUT2D eigenvalue weighted by atomic mass is 32.3. The highest BCUT2D eigenvalue weighted by molar-refractivity contribution is 7.92. The molecule has 4 N–H and O–H groups in total. The summed E-state index contributed by atoms with van der Waals surface area (Å²) in [5, 5.41) is 39.5. The third-order valence-corrected chi connectivity index (χ3v) is 9.57. The van der Waals surface area contributed by atoms with Gasteiger partial charge in [-0.2, -0.15) is 25.3 Å². The number of phenolic OH excluding ortho intramolecular Hbond substituents is 1. The molecule has 0 radical (unpaired) electrons. The molecule has 3 rings (SSSR count). The lowest BCUT2D eigenvalue weighted by atomic mass is 10.1. The van der Waals surface area contributed by atoms with E-state index < -0.39 is 101 Å². The van der Waals surface area contributed by atoms with Crippen LogP contribution in [-0.2, 0) is 44.8 Å². The Bertz CT molecular complexity index is 2220. The van der Waals surface area contributed by atoms with E-state index in [1.54, 1.807) is 0 Å². The lowest BCUT2D eigenvalue weighted by molar-refractivity contribution is -0.394. The van der Waals surface area contributed by atoms with Crippen molar-refractivity contribution in [3.05, 3.63) is 56.6 Å². The van der Waals surface area contributed by atoms with Gasteiger partial charge in [-0.05, 0) is 29.7 Å². The summed E-state index contributed by atoms with van der Waals surface area (Å²) in [4.78, 5) is 17.4. The van der Waals surface area contributed by atoms with Gasteiger partial charge in [0, 0.05) is 18.5 Å². The standard InChI is InChI=1S/C19H17N5O17S4/c1-22(42(30,31)5-4-41-45(38,39)40)11-2-3-13-10(6-11)7-15(43(32,33)34)18(19(13)25)21-20-17-14(24(28)29)8-12(23(26)27)9-16(17)44(35,36)37/h2-3,6-9,25H,4-5H2,1H3,(H,32,33,34)(H,35,36,37)(H,38,39,40). The molecule has 0 bridgehead atoms. The molecule has 0 fully saturated rings.